The second kappa shape index (κ2) is 7.16. The summed E-state index contributed by atoms with van der Waals surface area (Å²) in [7, 11) is 1.60. The van der Waals surface area contributed by atoms with E-state index >= 15 is 0 Å². The fourth-order valence-electron chi connectivity index (χ4n) is 2.57. The van der Waals surface area contributed by atoms with Gasteiger partial charge in [-0.15, -0.1) is 0 Å². The minimum absolute atomic E-state index is 0.143. The Kier molecular flexibility index (Phi) is 4.95. The topological polar surface area (TPSA) is 76.9 Å². The van der Waals surface area contributed by atoms with Crippen LogP contribution >= 0.6 is 23.2 Å². The summed E-state index contributed by atoms with van der Waals surface area (Å²) in [6.07, 6.45) is 0. The summed E-state index contributed by atoms with van der Waals surface area (Å²) in [6.45, 7) is 0.143. The Labute approximate surface area is 155 Å². The number of methoxy groups -OCH3 is 1. The normalized spacial score (nSPS) is 10.5. The van der Waals surface area contributed by atoms with Crippen molar-refractivity contribution in [2.45, 2.75) is 6.54 Å². The Morgan fingerprint density at radius 2 is 1.92 bits per heavy atom. The third-order valence-electron chi connectivity index (χ3n) is 3.76. The van der Waals surface area contributed by atoms with Gasteiger partial charge in [0, 0.05) is 17.1 Å². The Balaban J connectivity index is 2.28. The monoisotopic (exact) mass is 372 g/mol. The van der Waals surface area contributed by atoms with E-state index in [4.69, 9.17) is 33.7 Å². The Morgan fingerprint density at radius 3 is 2.48 bits per heavy atom. The molecule has 3 aromatic rings. The molecule has 0 amide bonds. The van der Waals surface area contributed by atoms with Crippen LogP contribution in [0.1, 0.15) is 11.3 Å². The number of ether oxygens (including phenoxy) is 1. The molecule has 3 rings (SSSR count). The van der Waals surface area contributed by atoms with Gasteiger partial charge in [0.2, 0.25) is 0 Å². The molecule has 0 aliphatic carbocycles. The smallest absolute Gasteiger partial charge is 0.118 e. The van der Waals surface area contributed by atoms with Crippen LogP contribution < -0.4 is 10.5 Å². The van der Waals surface area contributed by atoms with E-state index in [1.54, 1.807) is 30.0 Å². The lowest BCUT2D eigenvalue weighted by molar-refractivity contribution is 0.415. The molecule has 1 heterocycles. The predicted molar refractivity (Wildman–Crippen MR) is 98.2 cm³/mol. The number of rotatable bonds is 4. The Hall–Kier alpha value is -2.52. The number of nitrogens with two attached hydrogens (primary N) is 1. The number of hydrogen-bond donors (Lipinski definition) is 1. The molecule has 0 fully saturated rings. The molecule has 0 spiro atoms. The number of benzene rings is 2. The van der Waals surface area contributed by atoms with Crippen LogP contribution in [0.3, 0.4) is 0 Å². The zero-order valence-electron chi connectivity index (χ0n) is 13.3. The summed E-state index contributed by atoms with van der Waals surface area (Å²) in [4.78, 5) is 0. The SMILES string of the molecule is COc1ccc(-c2c(C#N)c(CN)nn2-c2ccc(Cl)cc2Cl)cc1. The maximum Gasteiger partial charge on any atom is 0.118 e. The molecule has 0 saturated heterocycles. The van der Waals surface area contributed by atoms with Crippen LogP contribution in [0, 0.1) is 11.3 Å². The highest BCUT2D eigenvalue weighted by Gasteiger charge is 2.21. The van der Waals surface area contributed by atoms with Crippen LogP contribution in [0.2, 0.25) is 10.0 Å². The summed E-state index contributed by atoms with van der Waals surface area (Å²) < 4.78 is 6.82. The number of halogens is 2. The first kappa shape index (κ1) is 17.3. The molecule has 0 aliphatic rings. The third-order valence-corrected chi connectivity index (χ3v) is 4.30. The van der Waals surface area contributed by atoms with E-state index in [9.17, 15) is 5.26 Å². The highest BCUT2D eigenvalue weighted by molar-refractivity contribution is 6.35. The lowest BCUT2D eigenvalue weighted by atomic mass is 10.1. The Morgan fingerprint density at radius 1 is 1.20 bits per heavy atom. The maximum absolute atomic E-state index is 9.63. The first-order valence-electron chi connectivity index (χ1n) is 7.41. The van der Waals surface area contributed by atoms with Crippen molar-refractivity contribution in [3.63, 3.8) is 0 Å². The van der Waals surface area contributed by atoms with Gasteiger partial charge in [0.1, 0.15) is 17.4 Å². The van der Waals surface area contributed by atoms with Crippen molar-refractivity contribution < 1.29 is 4.74 Å². The fourth-order valence-corrected chi connectivity index (χ4v) is 3.06. The first-order chi connectivity index (χ1) is 12.1. The summed E-state index contributed by atoms with van der Waals surface area (Å²) >= 11 is 12.3. The van der Waals surface area contributed by atoms with E-state index in [0.29, 0.717) is 32.7 Å². The molecule has 1 aromatic heterocycles. The van der Waals surface area contributed by atoms with Gasteiger partial charge >= 0.3 is 0 Å². The van der Waals surface area contributed by atoms with Crippen molar-refractivity contribution in [1.82, 2.24) is 9.78 Å². The zero-order chi connectivity index (χ0) is 18.0. The molecule has 5 nitrogen and oxygen atoms in total. The second-order valence-corrected chi connectivity index (χ2v) is 6.07. The van der Waals surface area contributed by atoms with Crippen LogP contribution in [-0.2, 0) is 6.54 Å². The van der Waals surface area contributed by atoms with E-state index in [2.05, 4.69) is 11.2 Å². The van der Waals surface area contributed by atoms with Crippen molar-refractivity contribution in [3.05, 3.63) is 63.8 Å². The largest absolute Gasteiger partial charge is 0.497 e. The number of nitriles is 1. The summed E-state index contributed by atoms with van der Waals surface area (Å²) in [5.74, 6) is 0.719. The van der Waals surface area contributed by atoms with Crippen molar-refractivity contribution in [3.8, 4) is 28.8 Å². The number of hydrogen-bond acceptors (Lipinski definition) is 4. The van der Waals surface area contributed by atoms with Gasteiger partial charge in [-0.1, -0.05) is 23.2 Å². The first-order valence-corrected chi connectivity index (χ1v) is 8.16. The van der Waals surface area contributed by atoms with E-state index in [-0.39, 0.29) is 6.54 Å². The van der Waals surface area contributed by atoms with Gasteiger partial charge in [0.25, 0.3) is 0 Å². The molecule has 0 bridgehead atoms. The van der Waals surface area contributed by atoms with Gasteiger partial charge in [-0.2, -0.15) is 10.4 Å². The molecule has 0 atom stereocenters. The van der Waals surface area contributed by atoms with Gasteiger partial charge in [-0.05, 0) is 42.5 Å². The van der Waals surface area contributed by atoms with E-state index in [1.165, 1.54) is 0 Å². The maximum atomic E-state index is 9.63. The van der Waals surface area contributed by atoms with Crippen LogP contribution in [0.5, 0.6) is 5.75 Å². The molecular weight excluding hydrogens is 359 g/mol. The fraction of sp³-hybridized carbons (Fsp3) is 0.111. The van der Waals surface area contributed by atoms with E-state index < -0.39 is 0 Å². The molecule has 2 aromatic carbocycles. The lowest BCUT2D eigenvalue weighted by Gasteiger charge is -2.10. The van der Waals surface area contributed by atoms with Gasteiger partial charge in [-0.3, -0.25) is 0 Å². The summed E-state index contributed by atoms with van der Waals surface area (Å²) in [6, 6.07) is 14.7. The molecule has 7 heteroatoms. The van der Waals surface area contributed by atoms with Crippen molar-refractivity contribution in [2.24, 2.45) is 5.73 Å². The molecule has 0 aliphatic heterocycles. The van der Waals surface area contributed by atoms with Crippen molar-refractivity contribution >= 4 is 23.2 Å². The average Bonchev–Trinajstić information content (AvgIpc) is 3.00. The molecule has 25 heavy (non-hydrogen) atoms. The highest BCUT2D eigenvalue weighted by Crippen LogP contribution is 2.33. The van der Waals surface area contributed by atoms with Gasteiger partial charge in [0.15, 0.2) is 0 Å². The molecule has 126 valence electrons. The number of aromatic nitrogens is 2. The van der Waals surface area contributed by atoms with Gasteiger partial charge < -0.3 is 10.5 Å². The minimum Gasteiger partial charge on any atom is -0.497 e. The van der Waals surface area contributed by atoms with E-state index in [0.717, 1.165) is 11.3 Å². The third kappa shape index (κ3) is 3.20. The van der Waals surface area contributed by atoms with Crippen LogP contribution in [0.25, 0.3) is 16.9 Å². The predicted octanol–water partition coefficient (Wildman–Crippen LogP) is 4.19. The van der Waals surface area contributed by atoms with Crippen LogP contribution in [0.15, 0.2) is 42.5 Å². The van der Waals surface area contributed by atoms with Gasteiger partial charge in [-0.25, -0.2) is 4.68 Å². The molecule has 2 N–H and O–H groups in total. The quantitative estimate of drug-likeness (QED) is 0.744. The van der Waals surface area contributed by atoms with Crippen LogP contribution in [-0.4, -0.2) is 16.9 Å². The number of nitrogens with zero attached hydrogens (tertiary/aromatic N) is 3. The molecule has 0 saturated carbocycles. The Bertz CT molecular complexity index is 958. The molecular formula is C18H14Cl2N4O. The minimum atomic E-state index is 0.143. The summed E-state index contributed by atoms with van der Waals surface area (Å²) in [5, 5.41) is 15.1. The molecule has 0 radical (unpaired) electrons. The van der Waals surface area contributed by atoms with Crippen LogP contribution in [0.4, 0.5) is 0 Å². The van der Waals surface area contributed by atoms with E-state index in [1.807, 2.05) is 24.3 Å². The van der Waals surface area contributed by atoms with Crippen molar-refractivity contribution in [1.29, 1.82) is 5.26 Å². The zero-order valence-corrected chi connectivity index (χ0v) is 14.8. The second-order valence-electron chi connectivity index (χ2n) is 5.22. The molecule has 0 unspecified atom stereocenters. The standard InChI is InChI=1S/C18H14Cl2N4O/c1-25-13-5-2-11(3-6-13)18-14(9-21)16(10-22)23-24(18)17-7-4-12(19)8-15(17)20/h2-8H,10,22H2,1H3. The lowest BCUT2D eigenvalue weighted by Crippen LogP contribution is -2.02. The van der Waals surface area contributed by atoms with Gasteiger partial charge in [0.05, 0.1) is 29.2 Å². The highest BCUT2D eigenvalue weighted by atomic mass is 35.5. The average molecular weight is 373 g/mol. The summed E-state index contributed by atoms with van der Waals surface area (Å²) in [5.41, 5.74) is 8.73. The van der Waals surface area contributed by atoms with Crippen molar-refractivity contribution in [2.75, 3.05) is 7.11 Å².